The number of allylic oxidation sites excluding steroid dienone is 2. The Morgan fingerprint density at radius 1 is 1.50 bits per heavy atom. The topological polar surface area (TPSA) is 59.3 Å². The van der Waals surface area contributed by atoms with Crippen LogP contribution in [0.5, 0.6) is 0 Å². The molecular formula is C15H16N4O. The number of hydrogen-bond acceptors (Lipinski definition) is 4. The number of nitrogens with zero attached hydrogens (tertiary/aromatic N) is 3. The van der Waals surface area contributed by atoms with E-state index < -0.39 is 0 Å². The Kier molecular flexibility index (Phi) is 4.10. The van der Waals surface area contributed by atoms with Gasteiger partial charge in [-0.05, 0) is 18.1 Å². The largest absolute Gasteiger partial charge is 0.364 e. The van der Waals surface area contributed by atoms with E-state index in [9.17, 15) is 4.79 Å². The lowest BCUT2D eigenvalue weighted by Crippen LogP contribution is -2.07. The quantitative estimate of drug-likeness (QED) is 0.646. The Balaban J connectivity index is 2.37. The third-order valence-electron chi connectivity index (χ3n) is 3.05. The molecule has 0 aliphatic carbocycles. The number of aromatic nitrogens is 3. The molecule has 0 radical (unpaired) electrons. The second-order valence-corrected chi connectivity index (χ2v) is 4.26. The van der Waals surface area contributed by atoms with Crippen LogP contribution in [-0.4, -0.2) is 27.4 Å². The SMILES string of the molecule is C=C/C=C(\C=C)CNc1ncnn2cc(C=O)c(C)c12. The number of aldehydes is 1. The van der Waals surface area contributed by atoms with Gasteiger partial charge in [-0.25, -0.2) is 9.50 Å². The third kappa shape index (κ3) is 2.51. The van der Waals surface area contributed by atoms with Crippen molar-refractivity contribution < 1.29 is 4.79 Å². The van der Waals surface area contributed by atoms with E-state index in [-0.39, 0.29) is 0 Å². The number of carbonyl (C=O) groups excluding carboxylic acids is 1. The molecule has 2 heterocycles. The summed E-state index contributed by atoms with van der Waals surface area (Å²) in [6.45, 7) is 9.86. The summed E-state index contributed by atoms with van der Waals surface area (Å²) in [6, 6.07) is 0. The van der Waals surface area contributed by atoms with Crippen LogP contribution >= 0.6 is 0 Å². The highest BCUT2D eigenvalue weighted by Gasteiger charge is 2.11. The van der Waals surface area contributed by atoms with E-state index in [0.717, 1.165) is 22.9 Å². The van der Waals surface area contributed by atoms with Crippen molar-refractivity contribution in [2.45, 2.75) is 6.92 Å². The first-order valence-corrected chi connectivity index (χ1v) is 6.17. The van der Waals surface area contributed by atoms with Crippen molar-refractivity contribution in [2.24, 2.45) is 0 Å². The van der Waals surface area contributed by atoms with Crippen LogP contribution < -0.4 is 5.32 Å². The minimum atomic E-state index is 0.573. The molecule has 0 aliphatic rings. The van der Waals surface area contributed by atoms with Gasteiger partial charge in [-0.2, -0.15) is 5.10 Å². The fourth-order valence-electron chi connectivity index (χ4n) is 1.96. The minimum absolute atomic E-state index is 0.573. The van der Waals surface area contributed by atoms with Crippen LogP contribution in [0.3, 0.4) is 0 Å². The van der Waals surface area contributed by atoms with Crippen molar-refractivity contribution in [1.29, 1.82) is 0 Å². The summed E-state index contributed by atoms with van der Waals surface area (Å²) in [5, 5.41) is 7.34. The molecule has 1 N–H and O–H groups in total. The lowest BCUT2D eigenvalue weighted by Gasteiger charge is -2.08. The van der Waals surface area contributed by atoms with Crippen molar-refractivity contribution in [1.82, 2.24) is 14.6 Å². The molecule has 0 unspecified atom stereocenters. The predicted octanol–water partition coefficient (Wildman–Crippen LogP) is 2.56. The summed E-state index contributed by atoms with van der Waals surface area (Å²) in [5.74, 6) is 0.683. The highest BCUT2D eigenvalue weighted by Crippen LogP contribution is 2.21. The summed E-state index contributed by atoms with van der Waals surface area (Å²) in [7, 11) is 0. The zero-order chi connectivity index (χ0) is 14.5. The van der Waals surface area contributed by atoms with Crippen molar-refractivity contribution in [2.75, 3.05) is 11.9 Å². The van der Waals surface area contributed by atoms with E-state index in [1.54, 1.807) is 22.9 Å². The maximum Gasteiger partial charge on any atom is 0.154 e. The van der Waals surface area contributed by atoms with Crippen LogP contribution in [-0.2, 0) is 0 Å². The summed E-state index contributed by atoms with van der Waals surface area (Å²) >= 11 is 0. The molecule has 0 bridgehead atoms. The Bertz CT molecular complexity index is 697. The molecular weight excluding hydrogens is 252 g/mol. The van der Waals surface area contributed by atoms with E-state index >= 15 is 0 Å². The second-order valence-electron chi connectivity index (χ2n) is 4.26. The van der Waals surface area contributed by atoms with Gasteiger partial charge < -0.3 is 5.32 Å². The molecule has 0 amide bonds. The maximum atomic E-state index is 11.0. The van der Waals surface area contributed by atoms with Crippen LogP contribution in [0.1, 0.15) is 15.9 Å². The molecule has 0 atom stereocenters. The number of hydrogen-bond donors (Lipinski definition) is 1. The van der Waals surface area contributed by atoms with Gasteiger partial charge in [-0.1, -0.05) is 31.4 Å². The third-order valence-corrected chi connectivity index (χ3v) is 3.05. The first-order chi connectivity index (χ1) is 9.71. The van der Waals surface area contributed by atoms with Crippen LogP contribution in [0.15, 0.2) is 49.5 Å². The molecule has 0 fully saturated rings. The summed E-state index contributed by atoms with van der Waals surface area (Å²) in [4.78, 5) is 15.2. The van der Waals surface area contributed by atoms with Gasteiger partial charge in [0.15, 0.2) is 12.1 Å². The average molecular weight is 268 g/mol. The molecule has 102 valence electrons. The van der Waals surface area contributed by atoms with Crippen LogP contribution in [0.4, 0.5) is 5.82 Å². The summed E-state index contributed by atoms with van der Waals surface area (Å²) < 4.78 is 1.65. The normalized spacial score (nSPS) is 11.3. The number of nitrogens with one attached hydrogen (secondary N) is 1. The first-order valence-electron chi connectivity index (χ1n) is 6.17. The maximum absolute atomic E-state index is 11.0. The highest BCUT2D eigenvalue weighted by molar-refractivity contribution is 5.85. The monoisotopic (exact) mass is 268 g/mol. The molecule has 5 nitrogen and oxygen atoms in total. The van der Waals surface area contributed by atoms with Gasteiger partial charge in [0.05, 0.1) is 0 Å². The molecule has 0 spiro atoms. The molecule has 2 aromatic heterocycles. The van der Waals surface area contributed by atoms with Crippen LogP contribution in [0.2, 0.25) is 0 Å². The fraction of sp³-hybridized carbons (Fsp3) is 0.133. The van der Waals surface area contributed by atoms with Gasteiger partial charge in [-0.15, -0.1) is 0 Å². The molecule has 5 heteroatoms. The van der Waals surface area contributed by atoms with Crippen molar-refractivity contribution in [3.63, 3.8) is 0 Å². The summed E-state index contributed by atoms with van der Waals surface area (Å²) in [6.07, 6.45) is 9.31. The first kappa shape index (κ1) is 13.7. The van der Waals surface area contributed by atoms with Gasteiger partial charge in [-0.3, -0.25) is 4.79 Å². The van der Waals surface area contributed by atoms with Crippen molar-refractivity contribution >= 4 is 17.6 Å². The predicted molar refractivity (Wildman–Crippen MR) is 80.1 cm³/mol. The zero-order valence-corrected chi connectivity index (χ0v) is 11.3. The number of aryl methyl sites for hydroxylation is 1. The summed E-state index contributed by atoms with van der Waals surface area (Å²) in [5.41, 5.74) is 3.27. The zero-order valence-electron chi connectivity index (χ0n) is 11.3. The standard InChI is InChI=1S/C15H16N4O/c1-4-6-12(5-2)7-16-15-14-11(3)13(9-20)8-19(14)18-10-17-15/h4-6,8-10H,1-2,7H2,3H3,(H,16,17,18)/b12-6+. The van der Waals surface area contributed by atoms with E-state index in [1.807, 2.05) is 13.0 Å². The van der Waals surface area contributed by atoms with Gasteiger partial charge in [0, 0.05) is 18.3 Å². The minimum Gasteiger partial charge on any atom is -0.364 e. The smallest absolute Gasteiger partial charge is 0.154 e. The Morgan fingerprint density at radius 3 is 2.95 bits per heavy atom. The molecule has 2 aromatic rings. The van der Waals surface area contributed by atoms with Crippen LogP contribution in [0.25, 0.3) is 5.52 Å². The number of anilines is 1. The van der Waals surface area contributed by atoms with Gasteiger partial charge >= 0.3 is 0 Å². The number of fused-ring (bicyclic) bond motifs is 1. The average Bonchev–Trinajstić information content (AvgIpc) is 2.80. The number of rotatable bonds is 6. The second kappa shape index (κ2) is 5.97. The lowest BCUT2D eigenvalue weighted by molar-refractivity contribution is 0.112. The fourth-order valence-corrected chi connectivity index (χ4v) is 1.96. The lowest BCUT2D eigenvalue weighted by atomic mass is 10.2. The Labute approximate surface area is 117 Å². The molecule has 0 aliphatic heterocycles. The van der Waals surface area contributed by atoms with Gasteiger partial charge in [0.1, 0.15) is 11.8 Å². The van der Waals surface area contributed by atoms with E-state index in [4.69, 9.17) is 0 Å². The molecule has 0 saturated heterocycles. The van der Waals surface area contributed by atoms with Crippen molar-refractivity contribution in [3.05, 3.63) is 60.6 Å². The molecule has 0 aromatic carbocycles. The molecule has 20 heavy (non-hydrogen) atoms. The number of carbonyl (C=O) groups is 1. The van der Waals surface area contributed by atoms with E-state index in [1.165, 1.54) is 6.33 Å². The van der Waals surface area contributed by atoms with Crippen molar-refractivity contribution in [3.8, 4) is 0 Å². The highest BCUT2D eigenvalue weighted by atomic mass is 16.1. The van der Waals surface area contributed by atoms with Gasteiger partial charge in [0.25, 0.3) is 0 Å². The van der Waals surface area contributed by atoms with Crippen LogP contribution in [0, 0.1) is 6.92 Å². The Hall–Kier alpha value is -2.69. The molecule has 0 saturated carbocycles. The molecule has 2 rings (SSSR count). The van der Waals surface area contributed by atoms with E-state index in [2.05, 4.69) is 28.6 Å². The van der Waals surface area contributed by atoms with E-state index in [0.29, 0.717) is 17.9 Å². The Morgan fingerprint density at radius 2 is 2.30 bits per heavy atom. The van der Waals surface area contributed by atoms with Gasteiger partial charge in [0.2, 0.25) is 0 Å².